The van der Waals surface area contributed by atoms with Crippen LogP contribution in [0.15, 0.2) is 65.8 Å². The summed E-state index contributed by atoms with van der Waals surface area (Å²) in [6.45, 7) is 9.87. The highest BCUT2D eigenvalue weighted by Gasteiger charge is 2.44. The van der Waals surface area contributed by atoms with E-state index < -0.39 is 10.0 Å². The minimum atomic E-state index is -4.16. The van der Waals surface area contributed by atoms with Crippen LogP contribution in [0.4, 0.5) is 5.95 Å². The maximum atomic E-state index is 14.7. The van der Waals surface area contributed by atoms with Crippen molar-refractivity contribution in [3.63, 3.8) is 0 Å². The number of ether oxygens (including phenoxy) is 2. The third-order valence-electron chi connectivity index (χ3n) is 10.2. The first-order valence-corrected chi connectivity index (χ1v) is 19.0. The highest BCUT2D eigenvalue weighted by atomic mass is 32.2. The number of hydrogen-bond acceptors (Lipinski definition) is 9. The van der Waals surface area contributed by atoms with E-state index in [0.29, 0.717) is 18.0 Å². The van der Waals surface area contributed by atoms with E-state index in [0.717, 1.165) is 67.0 Å². The summed E-state index contributed by atoms with van der Waals surface area (Å²) in [4.78, 5) is 35.3. The summed E-state index contributed by atoms with van der Waals surface area (Å²) in [6, 6.07) is 13.3. The molecule has 2 aromatic heterocycles. The normalized spacial score (nSPS) is 22.4. The van der Waals surface area contributed by atoms with Crippen molar-refractivity contribution < 1.29 is 22.7 Å². The molecule has 1 saturated carbocycles. The fourth-order valence-electron chi connectivity index (χ4n) is 7.49. The van der Waals surface area contributed by atoms with Crippen LogP contribution < -0.4 is 9.46 Å². The highest BCUT2D eigenvalue weighted by molar-refractivity contribution is 7.92. The van der Waals surface area contributed by atoms with Crippen LogP contribution in [-0.4, -0.2) is 71.1 Å². The molecule has 3 atom stereocenters. The third-order valence-corrected chi connectivity index (χ3v) is 11.5. The smallest absolute Gasteiger partial charge is 0.264 e. The molecule has 4 bridgehead atoms. The Morgan fingerprint density at radius 1 is 0.940 bits per heavy atom. The number of aromatic nitrogens is 4. The van der Waals surface area contributed by atoms with Gasteiger partial charge in [0.1, 0.15) is 12.4 Å². The Morgan fingerprint density at radius 3 is 2.34 bits per heavy atom. The molecule has 4 heterocycles. The van der Waals surface area contributed by atoms with Crippen LogP contribution in [0.5, 0.6) is 5.88 Å². The molecular formula is C38H44N6O5S. The van der Waals surface area contributed by atoms with E-state index >= 15 is 0 Å². The van der Waals surface area contributed by atoms with Crippen molar-refractivity contribution in [1.82, 2.24) is 24.8 Å². The Morgan fingerprint density at radius 2 is 1.66 bits per heavy atom. The van der Waals surface area contributed by atoms with Gasteiger partial charge in [-0.25, -0.2) is 28.1 Å². The fourth-order valence-corrected chi connectivity index (χ4v) is 8.48. The van der Waals surface area contributed by atoms with Crippen LogP contribution in [-0.2, 0) is 14.8 Å². The van der Waals surface area contributed by atoms with Gasteiger partial charge in [0.25, 0.3) is 15.9 Å². The van der Waals surface area contributed by atoms with Gasteiger partial charge >= 0.3 is 0 Å². The Kier molecular flexibility index (Phi) is 9.58. The number of aryl methyl sites for hydroxylation is 2. The third kappa shape index (κ3) is 6.96. The minimum Gasteiger partial charge on any atom is -0.475 e. The Hall–Kier alpha value is -4.42. The lowest BCUT2D eigenvalue weighted by molar-refractivity contribution is 0.0204. The second-order valence-corrected chi connectivity index (χ2v) is 15.8. The number of benzene rings is 2. The van der Waals surface area contributed by atoms with Gasteiger partial charge in [-0.2, -0.15) is 4.98 Å². The molecule has 4 aromatic rings. The number of anilines is 1. The number of nitrogens with one attached hydrogen (secondary N) is 1. The van der Waals surface area contributed by atoms with Gasteiger partial charge in [-0.15, -0.1) is 0 Å². The monoisotopic (exact) mass is 696 g/mol. The zero-order valence-corrected chi connectivity index (χ0v) is 29.8. The van der Waals surface area contributed by atoms with E-state index in [4.69, 9.17) is 19.4 Å². The Labute approximate surface area is 293 Å². The van der Waals surface area contributed by atoms with Gasteiger partial charge in [0, 0.05) is 54.8 Å². The predicted molar refractivity (Wildman–Crippen MR) is 190 cm³/mol. The van der Waals surface area contributed by atoms with Crippen LogP contribution >= 0.6 is 0 Å². The van der Waals surface area contributed by atoms with E-state index in [9.17, 15) is 13.2 Å². The molecule has 2 aliphatic heterocycles. The molecule has 2 unspecified atom stereocenters. The second kappa shape index (κ2) is 14.1. The number of rotatable bonds is 6. The van der Waals surface area contributed by atoms with Gasteiger partial charge in [-0.3, -0.25) is 4.79 Å². The van der Waals surface area contributed by atoms with E-state index in [1.807, 2.05) is 49.3 Å². The first-order valence-electron chi connectivity index (χ1n) is 17.5. The van der Waals surface area contributed by atoms with E-state index in [1.54, 1.807) is 18.2 Å². The van der Waals surface area contributed by atoms with Crippen LogP contribution in [0, 0.1) is 19.8 Å². The SMILES string of the molecule is Cc1cccc(C)c1-c1cc2nc(n1)NS(=O)(=O)c1cccc(c1)C(=O)N(C1CCC1c1ncc(C3CCOCC3)cn1)[C@H](CC(C)C)CO2. The molecule has 3 aliphatic rings. The lowest BCUT2D eigenvalue weighted by Gasteiger charge is -2.47. The maximum absolute atomic E-state index is 14.7. The van der Waals surface area contributed by atoms with Crippen molar-refractivity contribution >= 4 is 21.9 Å². The van der Waals surface area contributed by atoms with Crippen molar-refractivity contribution in [2.75, 3.05) is 24.5 Å². The predicted octanol–water partition coefficient (Wildman–Crippen LogP) is 6.44. The molecule has 11 nitrogen and oxygen atoms in total. The van der Waals surface area contributed by atoms with Crippen LogP contribution in [0.2, 0.25) is 0 Å². The van der Waals surface area contributed by atoms with E-state index in [1.165, 1.54) is 12.1 Å². The van der Waals surface area contributed by atoms with Gasteiger partial charge in [0.05, 0.1) is 16.6 Å². The molecule has 0 radical (unpaired) electrons. The zero-order chi connectivity index (χ0) is 35.0. The van der Waals surface area contributed by atoms with Crippen molar-refractivity contribution in [1.29, 1.82) is 0 Å². The fraction of sp³-hybridized carbons (Fsp3) is 0.447. The first-order chi connectivity index (χ1) is 24.1. The van der Waals surface area contributed by atoms with Gasteiger partial charge in [-0.05, 0) is 92.7 Å². The number of hydrogen-bond donors (Lipinski definition) is 1. The summed E-state index contributed by atoms with van der Waals surface area (Å²) < 4.78 is 42.0. The highest BCUT2D eigenvalue weighted by Crippen LogP contribution is 2.42. The summed E-state index contributed by atoms with van der Waals surface area (Å²) in [5.74, 6) is 1.15. The first kappa shape index (κ1) is 34.0. The molecule has 12 heteroatoms. The average molecular weight is 697 g/mol. The lowest BCUT2D eigenvalue weighted by Crippen LogP contribution is -2.56. The van der Waals surface area contributed by atoms with Gasteiger partial charge < -0.3 is 14.4 Å². The lowest BCUT2D eigenvalue weighted by atomic mass is 9.76. The number of amides is 1. The molecule has 262 valence electrons. The molecule has 1 amide bonds. The van der Waals surface area contributed by atoms with Crippen molar-refractivity contribution in [2.45, 2.75) is 88.6 Å². The second-order valence-electron chi connectivity index (χ2n) is 14.1. The van der Waals surface area contributed by atoms with Crippen LogP contribution in [0.3, 0.4) is 0 Å². The summed E-state index contributed by atoms with van der Waals surface area (Å²) in [6.07, 6.45) is 8.06. The number of carbonyl (C=O) groups is 1. The van der Waals surface area contributed by atoms with Gasteiger partial charge in [-0.1, -0.05) is 38.1 Å². The molecule has 1 aliphatic carbocycles. The molecule has 0 spiro atoms. The summed E-state index contributed by atoms with van der Waals surface area (Å²) in [5.41, 5.74) is 4.80. The average Bonchev–Trinajstić information content (AvgIpc) is 3.08. The van der Waals surface area contributed by atoms with Crippen LogP contribution in [0.25, 0.3) is 11.3 Å². The zero-order valence-electron chi connectivity index (χ0n) is 29.0. The number of carbonyl (C=O) groups excluding carboxylic acids is 1. The molecule has 50 heavy (non-hydrogen) atoms. The maximum Gasteiger partial charge on any atom is 0.264 e. The molecule has 2 aromatic carbocycles. The molecule has 1 N–H and O–H groups in total. The van der Waals surface area contributed by atoms with Crippen molar-refractivity contribution in [3.8, 4) is 17.1 Å². The number of nitrogens with zero attached hydrogens (tertiary/aromatic N) is 5. The quantitative estimate of drug-likeness (QED) is 0.242. The summed E-state index contributed by atoms with van der Waals surface area (Å²) >= 11 is 0. The van der Waals surface area contributed by atoms with Crippen molar-refractivity contribution in [2.24, 2.45) is 5.92 Å². The van der Waals surface area contributed by atoms with E-state index in [2.05, 4.69) is 28.5 Å². The van der Waals surface area contributed by atoms with E-state index in [-0.39, 0.29) is 58.7 Å². The summed E-state index contributed by atoms with van der Waals surface area (Å²) in [5, 5.41) is 0. The number of fused-ring (bicyclic) bond motifs is 4. The Balaban J connectivity index is 1.29. The van der Waals surface area contributed by atoms with Crippen LogP contribution in [0.1, 0.15) is 90.7 Å². The topological polar surface area (TPSA) is 136 Å². The standard InChI is InChI=1S/C38H44N6O5S/c1-23(2)17-29-22-49-34-19-32(35-24(3)7-5-8-25(35)4)41-38(42-34)43-50(46,47)30-10-6-9-27(18-30)37(45)44(29)33-12-11-31(33)36-39-20-28(21-40-36)26-13-15-48-16-14-26/h5-10,18-21,23,26,29,31,33H,11-17,22H2,1-4H3,(H,41,42,43)/t29-,31?,33?/m1/s1. The van der Waals surface area contributed by atoms with Gasteiger partial charge in [0.15, 0.2) is 0 Å². The molecule has 1 saturated heterocycles. The van der Waals surface area contributed by atoms with Crippen molar-refractivity contribution in [3.05, 3.63) is 89.0 Å². The minimum absolute atomic E-state index is 0.0521. The van der Waals surface area contributed by atoms with Gasteiger partial charge in [0.2, 0.25) is 11.8 Å². The summed E-state index contributed by atoms with van der Waals surface area (Å²) in [7, 11) is -4.16. The Bertz CT molecular complexity index is 1960. The number of sulfonamides is 1. The largest absolute Gasteiger partial charge is 0.475 e. The molecule has 7 rings (SSSR count). The molecule has 2 fully saturated rings. The molecular weight excluding hydrogens is 653 g/mol.